The van der Waals surface area contributed by atoms with Crippen LogP contribution in [0.3, 0.4) is 0 Å². The zero-order chi connectivity index (χ0) is 105. The monoisotopic (exact) mass is 2130 g/mol. The van der Waals surface area contributed by atoms with Gasteiger partial charge in [-0.15, -0.1) is 0 Å². The van der Waals surface area contributed by atoms with Crippen molar-refractivity contribution in [3.05, 3.63) is 127 Å². The van der Waals surface area contributed by atoms with Crippen LogP contribution in [0.1, 0.15) is 38.5 Å². The third kappa shape index (κ3) is 58.4. The lowest BCUT2D eigenvalue weighted by Gasteiger charge is -2.15. The van der Waals surface area contributed by atoms with Gasteiger partial charge in [0.05, 0.1) is 288 Å². The number of rotatable bonds is 7. The van der Waals surface area contributed by atoms with Gasteiger partial charge in [-0.2, -0.15) is 0 Å². The van der Waals surface area contributed by atoms with Crippen molar-refractivity contribution < 1.29 is 194 Å². The van der Waals surface area contributed by atoms with Crippen LogP contribution >= 0.6 is 0 Å². The van der Waals surface area contributed by atoms with E-state index in [1.807, 2.05) is 109 Å². The SMILES string of the molecule is COc1ccc2c(c1)OCCCOCCCOCCCO2.COc1ccc2c(c1)OCCCOCCOCCCO2.COc1ccc2c(c1)OCCOCCCOCCO2.COc1ccc2c(c1)OCCOCCOCCO2.COc1ccc2c(c1)OCCOCCOCCOCCO2.COc1ccc2c(c1)OCCOCCOCCOCCOCCO2.COc1ccc2c(c1)OCCOCCOCCOCCOCCOCCO2. The van der Waals surface area contributed by atoms with Gasteiger partial charge < -0.3 is 194 Å². The molecule has 0 fully saturated rings. The predicted octanol–water partition coefficient (Wildman–Crippen LogP) is 12.9. The summed E-state index contributed by atoms with van der Waals surface area (Å²) in [6.07, 6.45) is 5.19. The summed E-state index contributed by atoms with van der Waals surface area (Å²) in [5, 5.41) is 0. The molecule has 150 heavy (non-hydrogen) atoms. The third-order valence-corrected chi connectivity index (χ3v) is 20.9. The Morgan fingerprint density at radius 2 is 0.200 bits per heavy atom. The van der Waals surface area contributed by atoms with Crippen LogP contribution < -0.4 is 99.5 Å². The van der Waals surface area contributed by atoms with Gasteiger partial charge in [-0.1, -0.05) is 0 Å². The summed E-state index contributed by atoms with van der Waals surface area (Å²) in [5.41, 5.74) is 0. The van der Waals surface area contributed by atoms with Crippen LogP contribution in [0.15, 0.2) is 127 Å². The Bertz CT molecular complexity index is 4370. The molecule has 7 aromatic carbocycles. The lowest BCUT2D eigenvalue weighted by Crippen LogP contribution is -2.16. The van der Waals surface area contributed by atoms with E-state index in [9.17, 15) is 0 Å². The molecule has 41 heteroatoms. The van der Waals surface area contributed by atoms with Crippen LogP contribution in [0.5, 0.6) is 121 Å². The summed E-state index contributed by atoms with van der Waals surface area (Å²) < 4.78 is 225. The Labute approximate surface area is 883 Å². The molecule has 0 aromatic heterocycles. The molecule has 0 spiro atoms. The summed E-state index contributed by atoms with van der Waals surface area (Å²) in [6.45, 7) is 29.7. The fourth-order valence-electron chi connectivity index (χ4n) is 13.3. The average molecular weight is 2130 g/mol. The first kappa shape index (κ1) is 125. The molecule has 7 aliphatic heterocycles. The zero-order valence-corrected chi connectivity index (χ0v) is 88.8. The number of fused-ring (bicyclic) bond motifs is 7. The number of hydrogen-bond donors (Lipinski definition) is 0. The molecule has 0 aliphatic carbocycles. The van der Waals surface area contributed by atoms with Crippen molar-refractivity contribution in [3.63, 3.8) is 0 Å². The summed E-state index contributed by atoms with van der Waals surface area (Å²) in [4.78, 5) is 0. The number of hydrogen-bond acceptors (Lipinski definition) is 41. The van der Waals surface area contributed by atoms with Crippen LogP contribution in [-0.4, -0.2) is 407 Å². The molecule has 0 bridgehead atoms. The summed E-state index contributed by atoms with van der Waals surface area (Å²) in [5.74, 6) is 14.6. The van der Waals surface area contributed by atoms with Gasteiger partial charge in [0, 0.05) is 121 Å². The van der Waals surface area contributed by atoms with Gasteiger partial charge in [-0.25, -0.2) is 0 Å². The molecule has 0 atom stereocenters. The highest BCUT2D eigenvalue weighted by Gasteiger charge is 2.18. The minimum Gasteiger partial charge on any atom is -0.497 e. The normalized spacial score (nSPS) is 18.4. The molecule has 0 amide bonds. The van der Waals surface area contributed by atoms with E-state index < -0.39 is 0 Å². The molecule has 7 aromatic rings. The van der Waals surface area contributed by atoms with Crippen molar-refractivity contribution in [2.24, 2.45) is 0 Å². The third-order valence-electron chi connectivity index (χ3n) is 20.9. The van der Waals surface area contributed by atoms with Crippen molar-refractivity contribution in [1.82, 2.24) is 0 Å². The Balaban J connectivity index is 0.000000214. The van der Waals surface area contributed by atoms with Gasteiger partial charge in [0.1, 0.15) is 106 Å². The Morgan fingerprint density at radius 3 is 0.333 bits per heavy atom. The quantitative estimate of drug-likeness (QED) is 0.143. The van der Waals surface area contributed by atoms with Crippen LogP contribution in [0.2, 0.25) is 0 Å². The topological polar surface area (TPSA) is 378 Å². The maximum atomic E-state index is 5.79. The summed E-state index contributed by atoms with van der Waals surface area (Å²) in [6, 6.07) is 38.5. The minimum atomic E-state index is 0.403. The highest BCUT2D eigenvalue weighted by molar-refractivity contribution is 5.51. The fourth-order valence-corrected chi connectivity index (χ4v) is 13.3. The molecule has 14 rings (SSSR count). The number of ether oxygens (including phenoxy) is 41. The average Bonchev–Trinajstić information content (AvgIpc) is 0.988. The molecule has 0 radical (unpaired) electrons. The molecule has 0 N–H and O–H groups in total. The van der Waals surface area contributed by atoms with E-state index in [1.165, 1.54) is 0 Å². The second-order valence-electron chi connectivity index (χ2n) is 31.9. The van der Waals surface area contributed by atoms with Crippen LogP contribution in [0.25, 0.3) is 0 Å². The largest absolute Gasteiger partial charge is 0.497 e. The maximum absolute atomic E-state index is 5.79. The maximum Gasteiger partial charge on any atom is 0.164 e. The van der Waals surface area contributed by atoms with Gasteiger partial charge in [0.15, 0.2) is 80.5 Å². The molecule has 41 nitrogen and oxygen atoms in total. The van der Waals surface area contributed by atoms with Crippen molar-refractivity contribution >= 4 is 0 Å². The van der Waals surface area contributed by atoms with Gasteiger partial charge in [-0.3, -0.25) is 0 Å². The standard InChI is InChI=1S/C19H30O8.C17H26O7.C16H24O5.C15H22O6.C15H22O5.C14H20O5.C13H18O5/c1-20-17-2-3-18-19(16-17)27-15-13-25-11-9-23-7-5-21-4-6-22-8-10-24-12-14-26-18;1-18-15-2-3-16-17(14-15)24-13-11-22-9-7-20-5-4-19-6-8-21-10-12-23-16;1-17-14-5-6-15-16(13-14)21-12-4-10-19-8-2-7-18-9-3-11-20-15;1-16-13-2-3-14-15(12-13)21-11-9-19-7-5-17-4-6-18-8-10-20-14;1-16-13-4-5-14-15(12-13)20-9-3-7-18-11-10-17-6-2-8-19-14;1-15-12-3-4-13-14(11-12)19-10-8-17-6-2-5-16-7-9-18-13;1-14-11-2-3-12-13(10-11)18-9-7-16-5-4-15-6-8-17-12/h2-3,16H,4-15H2,1H3;2-3,14H,4-13H2,1H3;5-6,13H,2-4,7-12H2,1H3;2-3,12H,4-11H2,1H3;4-5,12H,2-3,6-11H2,1H3;3-4,11H,2,5-10H2,1H3;2-3,10H,4-9H2,1H3. The van der Waals surface area contributed by atoms with Crippen molar-refractivity contribution in [1.29, 1.82) is 0 Å². The molecule has 0 saturated heterocycles. The van der Waals surface area contributed by atoms with Gasteiger partial charge in [0.25, 0.3) is 0 Å². The second kappa shape index (κ2) is 86.0. The van der Waals surface area contributed by atoms with Crippen LogP contribution in [-0.2, 0) is 94.7 Å². The molecule has 0 saturated carbocycles. The zero-order valence-electron chi connectivity index (χ0n) is 88.8. The van der Waals surface area contributed by atoms with Crippen molar-refractivity contribution in [3.8, 4) is 121 Å². The summed E-state index contributed by atoms with van der Waals surface area (Å²) in [7, 11) is 11.4. The van der Waals surface area contributed by atoms with E-state index >= 15 is 0 Å². The first-order valence-corrected chi connectivity index (χ1v) is 51.4. The lowest BCUT2D eigenvalue weighted by atomic mass is 10.3. The number of methoxy groups -OCH3 is 7. The van der Waals surface area contributed by atoms with Gasteiger partial charge in [0.2, 0.25) is 0 Å². The predicted molar refractivity (Wildman–Crippen MR) is 552 cm³/mol. The Hall–Kier alpha value is -10.5. The smallest absolute Gasteiger partial charge is 0.164 e. The van der Waals surface area contributed by atoms with E-state index in [1.54, 1.807) is 68.0 Å². The molecule has 7 heterocycles. The Morgan fingerprint density at radius 1 is 0.107 bits per heavy atom. The van der Waals surface area contributed by atoms with Crippen molar-refractivity contribution in [2.75, 3.05) is 407 Å². The van der Waals surface area contributed by atoms with Crippen molar-refractivity contribution in [2.45, 2.75) is 38.5 Å². The van der Waals surface area contributed by atoms with E-state index in [2.05, 4.69) is 0 Å². The first-order chi connectivity index (χ1) is 74.3. The van der Waals surface area contributed by atoms with Crippen LogP contribution in [0.4, 0.5) is 0 Å². The van der Waals surface area contributed by atoms with E-state index in [-0.39, 0.29) is 0 Å². The highest BCUT2D eigenvalue weighted by Crippen LogP contribution is 2.39. The van der Waals surface area contributed by atoms with Gasteiger partial charge in [-0.05, 0) is 97.8 Å². The lowest BCUT2D eigenvalue weighted by molar-refractivity contribution is -0.0134. The summed E-state index contributed by atoms with van der Waals surface area (Å²) >= 11 is 0. The number of benzene rings is 7. The molecular formula is C109H162O41. The van der Waals surface area contributed by atoms with E-state index in [4.69, 9.17) is 194 Å². The Kier molecular flexibility index (Phi) is 71.5. The molecule has 7 aliphatic rings. The van der Waals surface area contributed by atoms with Crippen LogP contribution in [0, 0.1) is 0 Å². The second-order valence-corrected chi connectivity index (χ2v) is 31.9. The minimum absolute atomic E-state index is 0.403. The first-order valence-electron chi connectivity index (χ1n) is 51.4. The molecule has 0 unspecified atom stereocenters. The highest BCUT2D eigenvalue weighted by atomic mass is 16.6. The van der Waals surface area contributed by atoms with Gasteiger partial charge >= 0.3 is 0 Å². The molecule has 844 valence electrons. The molecular weight excluding hydrogens is 1970 g/mol. The van der Waals surface area contributed by atoms with E-state index in [0.717, 1.165) is 92.0 Å². The van der Waals surface area contributed by atoms with E-state index in [0.29, 0.717) is 424 Å². The fraction of sp³-hybridized carbons (Fsp3) is 0.615.